The molecule has 4 nitrogen and oxygen atoms in total. The third-order valence-corrected chi connectivity index (χ3v) is 3.88. The fourth-order valence-electron chi connectivity index (χ4n) is 2.19. The van der Waals surface area contributed by atoms with Crippen molar-refractivity contribution in [1.82, 2.24) is 10.2 Å². The van der Waals surface area contributed by atoms with Gasteiger partial charge in [-0.15, -0.1) is 0 Å². The number of hydrogen-bond acceptors (Lipinski definition) is 3. The van der Waals surface area contributed by atoms with E-state index in [1.54, 1.807) is 0 Å². The monoisotopic (exact) mass is 227 g/mol. The first-order chi connectivity index (χ1) is 7.53. The van der Waals surface area contributed by atoms with E-state index in [9.17, 15) is 4.79 Å². The van der Waals surface area contributed by atoms with Gasteiger partial charge in [-0.25, -0.2) is 0 Å². The Labute approximate surface area is 98.6 Å². The zero-order valence-corrected chi connectivity index (χ0v) is 10.8. The Balaban J connectivity index is 2.40. The molecule has 0 aromatic carbocycles. The Hall–Kier alpha value is -0.610. The second-order valence-corrected chi connectivity index (χ2v) is 4.85. The van der Waals surface area contributed by atoms with Crippen LogP contribution in [0.15, 0.2) is 0 Å². The molecule has 1 rings (SSSR count). The summed E-state index contributed by atoms with van der Waals surface area (Å²) in [7, 11) is 2.11. The lowest BCUT2D eigenvalue weighted by atomic mass is 9.93. The molecular formula is C12H25N3O. The number of carbonyl (C=O) groups excluding carboxylic acids is 1. The lowest BCUT2D eigenvalue weighted by Crippen LogP contribution is -2.54. The highest BCUT2D eigenvalue weighted by Gasteiger charge is 2.30. The first-order valence-electron chi connectivity index (χ1n) is 6.31. The van der Waals surface area contributed by atoms with Crippen LogP contribution in [0.1, 0.15) is 39.5 Å². The first kappa shape index (κ1) is 13.5. The van der Waals surface area contributed by atoms with Gasteiger partial charge in [-0.3, -0.25) is 4.79 Å². The van der Waals surface area contributed by atoms with Crippen molar-refractivity contribution < 1.29 is 4.79 Å². The zero-order valence-electron chi connectivity index (χ0n) is 10.8. The Kier molecular flexibility index (Phi) is 4.74. The molecule has 0 spiro atoms. The maximum absolute atomic E-state index is 11.9. The summed E-state index contributed by atoms with van der Waals surface area (Å²) in [4.78, 5) is 14.2. The number of hydrogen-bond donors (Lipinski definition) is 2. The van der Waals surface area contributed by atoms with E-state index in [2.05, 4.69) is 17.3 Å². The van der Waals surface area contributed by atoms with E-state index in [0.29, 0.717) is 18.9 Å². The van der Waals surface area contributed by atoms with E-state index in [1.165, 1.54) is 12.8 Å². The Morgan fingerprint density at radius 3 is 2.56 bits per heavy atom. The van der Waals surface area contributed by atoms with Gasteiger partial charge in [0.15, 0.2) is 0 Å². The number of amides is 1. The molecule has 0 aromatic heterocycles. The van der Waals surface area contributed by atoms with Crippen molar-refractivity contribution in [3.05, 3.63) is 0 Å². The minimum atomic E-state index is -0.683. The molecule has 1 aliphatic rings. The highest BCUT2D eigenvalue weighted by molar-refractivity contribution is 5.85. The molecule has 3 N–H and O–H groups in total. The second-order valence-electron chi connectivity index (χ2n) is 4.85. The van der Waals surface area contributed by atoms with E-state index in [0.717, 1.165) is 13.1 Å². The van der Waals surface area contributed by atoms with Gasteiger partial charge in [0.1, 0.15) is 0 Å². The van der Waals surface area contributed by atoms with Crippen molar-refractivity contribution in [1.29, 1.82) is 0 Å². The fourth-order valence-corrected chi connectivity index (χ4v) is 2.19. The first-order valence-corrected chi connectivity index (χ1v) is 6.31. The summed E-state index contributed by atoms with van der Waals surface area (Å²) >= 11 is 0. The lowest BCUT2D eigenvalue weighted by Gasteiger charge is -2.27. The van der Waals surface area contributed by atoms with Gasteiger partial charge in [0, 0.05) is 12.6 Å². The number of carbonyl (C=O) groups is 1. The minimum absolute atomic E-state index is 0.00204. The topological polar surface area (TPSA) is 58.4 Å². The number of nitrogens with zero attached hydrogens (tertiary/aromatic N) is 1. The van der Waals surface area contributed by atoms with Crippen LogP contribution >= 0.6 is 0 Å². The number of nitrogens with one attached hydrogen (secondary N) is 1. The summed E-state index contributed by atoms with van der Waals surface area (Å²) in [6, 6.07) is 0.488. The quantitative estimate of drug-likeness (QED) is 0.727. The Bertz CT molecular complexity index is 238. The largest absolute Gasteiger partial charge is 0.353 e. The molecule has 1 heterocycles. The van der Waals surface area contributed by atoms with Crippen LogP contribution in [0.4, 0.5) is 0 Å². The molecule has 1 aliphatic heterocycles. The molecule has 0 bridgehead atoms. The summed E-state index contributed by atoms with van der Waals surface area (Å²) in [6.45, 7) is 5.79. The van der Waals surface area contributed by atoms with E-state index < -0.39 is 5.54 Å². The van der Waals surface area contributed by atoms with Crippen LogP contribution in [-0.2, 0) is 4.79 Å². The molecule has 1 atom stereocenters. The average molecular weight is 227 g/mol. The van der Waals surface area contributed by atoms with Crippen molar-refractivity contribution in [3.63, 3.8) is 0 Å². The van der Waals surface area contributed by atoms with Crippen molar-refractivity contribution in [3.8, 4) is 0 Å². The van der Waals surface area contributed by atoms with E-state index in [-0.39, 0.29) is 5.91 Å². The predicted octanol–water partition coefficient (Wildman–Crippen LogP) is 0.714. The van der Waals surface area contributed by atoms with Crippen LogP contribution < -0.4 is 11.1 Å². The van der Waals surface area contributed by atoms with Crippen molar-refractivity contribution in [2.75, 3.05) is 20.1 Å². The zero-order chi connectivity index (χ0) is 12.2. The fraction of sp³-hybridized carbons (Fsp3) is 0.917. The predicted molar refractivity (Wildman–Crippen MR) is 66.2 cm³/mol. The van der Waals surface area contributed by atoms with Gasteiger partial charge < -0.3 is 16.0 Å². The molecule has 1 fully saturated rings. The van der Waals surface area contributed by atoms with Gasteiger partial charge in [0.2, 0.25) is 5.91 Å². The molecule has 0 saturated carbocycles. The second kappa shape index (κ2) is 5.64. The molecular weight excluding hydrogens is 202 g/mol. The number of rotatable bonds is 5. The van der Waals surface area contributed by atoms with Gasteiger partial charge in [0.05, 0.1) is 5.54 Å². The normalized spacial score (nSPS) is 22.4. The van der Waals surface area contributed by atoms with Crippen LogP contribution in [0.5, 0.6) is 0 Å². The highest BCUT2D eigenvalue weighted by atomic mass is 16.2. The standard InChI is InChI=1S/C12H25N3O/c1-4-12(13,5-2)11(16)14-9-10-7-6-8-15(10)3/h10H,4-9,13H2,1-3H3,(H,14,16). The van der Waals surface area contributed by atoms with E-state index in [4.69, 9.17) is 5.73 Å². The van der Waals surface area contributed by atoms with Gasteiger partial charge in [-0.1, -0.05) is 13.8 Å². The SMILES string of the molecule is CCC(N)(CC)C(=O)NCC1CCCN1C. The lowest BCUT2D eigenvalue weighted by molar-refractivity contribution is -0.126. The third-order valence-electron chi connectivity index (χ3n) is 3.88. The highest BCUT2D eigenvalue weighted by Crippen LogP contribution is 2.15. The molecule has 0 radical (unpaired) electrons. The van der Waals surface area contributed by atoms with Crippen LogP contribution in [0.2, 0.25) is 0 Å². The average Bonchev–Trinajstić information content (AvgIpc) is 2.70. The molecule has 1 amide bonds. The van der Waals surface area contributed by atoms with Gasteiger partial charge in [-0.05, 0) is 39.3 Å². The van der Waals surface area contributed by atoms with Crippen molar-refractivity contribution >= 4 is 5.91 Å². The molecule has 16 heavy (non-hydrogen) atoms. The molecule has 0 aromatic rings. The maximum atomic E-state index is 11.9. The van der Waals surface area contributed by atoms with Crippen molar-refractivity contribution in [2.45, 2.75) is 51.1 Å². The van der Waals surface area contributed by atoms with E-state index >= 15 is 0 Å². The third kappa shape index (κ3) is 2.95. The van der Waals surface area contributed by atoms with Gasteiger partial charge in [0.25, 0.3) is 0 Å². The molecule has 94 valence electrons. The number of nitrogens with two attached hydrogens (primary N) is 1. The number of likely N-dealkylation sites (N-methyl/N-ethyl adjacent to an activating group) is 1. The summed E-state index contributed by atoms with van der Waals surface area (Å²) < 4.78 is 0. The molecule has 4 heteroatoms. The van der Waals surface area contributed by atoms with Gasteiger partial charge in [-0.2, -0.15) is 0 Å². The van der Waals surface area contributed by atoms with Crippen LogP contribution in [-0.4, -0.2) is 42.5 Å². The molecule has 0 aliphatic carbocycles. The summed E-state index contributed by atoms with van der Waals surface area (Å²) in [6.07, 6.45) is 3.78. The number of likely N-dealkylation sites (tertiary alicyclic amines) is 1. The van der Waals surface area contributed by atoms with Crippen LogP contribution in [0.25, 0.3) is 0 Å². The Morgan fingerprint density at radius 2 is 2.12 bits per heavy atom. The smallest absolute Gasteiger partial charge is 0.240 e. The molecule has 1 unspecified atom stereocenters. The summed E-state index contributed by atoms with van der Waals surface area (Å²) in [5.74, 6) is -0.00204. The van der Waals surface area contributed by atoms with Crippen LogP contribution in [0.3, 0.4) is 0 Å². The summed E-state index contributed by atoms with van der Waals surface area (Å²) in [5.41, 5.74) is 5.35. The maximum Gasteiger partial charge on any atom is 0.240 e. The Morgan fingerprint density at radius 1 is 1.50 bits per heavy atom. The van der Waals surface area contributed by atoms with E-state index in [1.807, 2.05) is 13.8 Å². The van der Waals surface area contributed by atoms with Gasteiger partial charge >= 0.3 is 0 Å². The van der Waals surface area contributed by atoms with Crippen molar-refractivity contribution in [2.24, 2.45) is 5.73 Å². The summed E-state index contributed by atoms with van der Waals surface area (Å²) in [5, 5.41) is 2.99. The minimum Gasteiger partial charge on any atom is -0.353 e. The van der Waals surface area contributed by atoms with Crippen LogP contribution in [0, 0.1) is 0 Å². The molecule has 1 saturated heterocycles.